The van der Waals surface area contributed by atoms with Gasteiger partial charge in [0.25, 0.3) is 10.0 Å². The average molecular weight is 445 g/mol. The summed E-state index contributed by atoms with van der Waals surface area (Å²) in [4.78, 5) is 0. The van der Waals surface area contributed by atoms with Gasteiger partial charge in [-0.05, 0) is 18.2 Å². The number of halogens is 4. The van der Waals surface area contributed by atoms with Crippen LogP contribution in [0.2, 0.25) is 14.4 Å². The third-order valence-electron chi connectivity index (χ3n) is 2.71. The molecule has 12 heteroatoms. The molecule has 0 amide bonds. The van der Waals surface area contributed by atoms with Crippen LogP contribution in [0.4, 0.5) is 9.52 Å². The lowest BCUT2D eigenvalue weighted by molar-refractivity contribution is 0.603. The number of anilines is 1. The Balaban J connectivity index is 1.92. The van der Waals surface area contributed by atoms with Crippen molar-refractivity contribution >= 4 is 72.6 Å². The molecule has 3 rings (SSSR count). The maximum atomic E-state index is 13.9. The van der Waals surface area contributed by atoms with E-state index in [4.69, 9.17) is 34.8 Å². The summed E-state index contributed by atoms with van der Waals surface area (Å²) >= 11 is 19.1. The first kappa shape index (κ1) is 17.8. The molecular weight excluding hydrogens is 440 g/mol. The quantitative estimate of drug-likeness (QED) is 0.603. The highest BCUT2D eigenvalue weighted by molar-refractivity contribution is 7.95. The second-order valence-corrected chi connectivity index (χ2v) is 9.66. The van der Waals surface area contributed by atoms with Crippen molar-refractivity contribution in [3.63, 3.8) is 0 Å². The van der Waals surface area contributed by atoms with E-state index in [9.17, 15) is 12.8 Å². The lowest BCUT2D eigenvalue weighted by Gasteiger charge is -2.01. The number of nitrogens with one attached hydrogen (secondary N) is 1. The highest BCUT2D eigenvalue weighted by atomic mass is 35.5. The van der Waals surface area contributed by atoms with Gasteiger partial charge in [-0.25, -0.2) is 12.8 Å². The maximum Gasteiger partial charge on any atom is 0.273 e. The van der Waals surface area contributed by atoms with Crippen molar-refractivity contribution < 1.29 is 12.8 Å². The molecule has 5 nitrogen and oxygen atoms in total. The molecule has 24 heavy (non-hydrogen) atoms. The Labute approximate surface area is 159 Å². The van der Waals surface area contributed by atoms with Crippen LogP contribution in [0.5, 0.6) is 0 Å². The van der Waals surface area contributed by atoms with Crippen LogP contribution in [0.15, 0.2) is 28.5 Å². The number of thiophene rings is 1. The van der Waals surface area contributed by atoms with Gasteiger partial charge in [0, 0.05) is 0 Å². The molecule has 0 radical (unpaired) electrons. The summed E-state index contributed by atoms with van der Waals surface area (Å²) < 4.78 is 40.8. The van der Waals surface area contributed by atoms with E-state index in [0.29, 0.717) is 0 Å². The minimum absolute atomic E-state index is 0.0371. The van der Waals surface area contributed by atoms with Gasteiger partial charge in [-0.15, -0.1) is 21.5 Å². The second-order valence-electron chi connectivity index (χ2n) is 4.30. The summed E-state index contributed by atoms with van der Waals surface area (Å²) in [6.07, 6.45) is 0. The van der Waals surface area contributed by atoms with E-state index >= 15 is 0 Å². The average Bonchev–Trinajstić information content (AvgIpc) is 3.06. The number of hydrogen-bond acceptors (Lipinski definition) is 6. The van der Waals surface area contributed by atoms with E-state index in [0.717, 1.165) is 22.7 Å². The monoisotopic (exact) mass is 443 g/mol. The van der Waals surface area contributed by atoms with Crippen LogP contribution in [0.1, 0.15) is 0 Å². The first-order valence-corrected chi connectivity index (χ1v) is 10.3. The molecule has 126 valence electrons. The smallest absolute Gasteiger partial charge is 0.252 e. The van der Waals surface area contributed by atoms with Crippen LogP contribution in [-0.2, 0) is 10.0 Å². The standard InChI is InChI=1S/C12H5Cl3FN3O2S3/c13-5-2-1-3-7(16)9(5)11-17-18-12(23-11)19-24(20,21)8-4-6(14)10(15)22-8/h1-4H,(H,18,19). The van der Waals surface area contributed by atoms with Gasteiger partial charge in [-0.1, -0.05) is 52.2 Å². The van der Waals surface area contributed by atoms with Crippen LogP contribution in [0, 0.1) is 5.82 Å². The van der Waals surface area contributed by atoms with E-state index in [1.807, 2.05) is 0 Å². The Morgan fingerprint density at radius 1 is 1.08 bits per heavy atom. The SMILES string of the molecule is O=S(=O)(Nc1nnc(-c2c(F)cccc2Cl)s1)c1cc(Cl)c(Cl)s1. The first-order chi connectivity index (χ1) is 11.3. The van der Waals surface area contributed by atoms with Gasteiger partial charge in [-0.3, -0.25) is 4.72 Å². The third kappa shape index (κ3) is 3.51. The Kier molecular flexibility index (Phi) is 5.01. The highest BCUT2D eigenvalue weighted by Gasteiger charge is 2.22. The zero-order valence-corrected chi connectivity index (χ0v) is 16.0. The summed E-state index contributed by atoms with van der Waals surface area (Å²) in [5.74, 6) is -0.579. The molecule has 0 bridgehead atoms. The zero-order valence-electron chi connectivity index (χ0n) is 11.3. The molecule has 1 aromatic carbocycles. The van der Waals surface area contributed by atoms with Crippen molar-refractivity contribution in [1.29, 1.82) is 0 Å². The maximum absolute atomic E-state index is 13.9. The molecule has 1 N–H and O–H groups in total. The van der Waals surface area contributed by atoms with Gasteiger partial charge >= 0.3 is 0 Å². The predicted molar refractivity (Wildman–Crippen MR) is 95.5 cm³/mol. The fourth-order valence-electron chi connectivity index (χ4n) is 1.69. The van der Waals surface area contributed by atoms with Crippen LogP contribution >= 0.6 is 57.5 Å². The van der Waals surface area contributed by atoms with E-state index in [1.165, 1.54) is 24.3 Å². The topological polar surface area (TPSA) is 72.0 Å². The lowest BCUT2D eigenvalue weighted by atomic mass is 10.2. The number of aromatic nitrogens is 2. The fraction of sp³-hybridized carbons (Fsp3) is 0. The Bertz CT molecular complexity index is 980. The van der Waals surface area contributed by atoms with E-state index in [1.54, 1.807) is 0 Å². The van der Waals surface area contributed by atoms with Crippen molar-refractivity contribution in [2.75, 3.05) is 4.72 Å². The number of rotatable bonds is 4. The van der Waals surface area contributed by atoms with Crippen molar-refractivity contribution in [1.82, 2.24) is 10.2 Å². The molecule has 2 heterocycles. The summed E-state index contributed by atoms with van der Waals surface area (Å²) in [5, 5.41) is 7.88. The minimum atomic E-state index is -3.92. The number of nitrogens with zero attached hydrogens (tertiary/aromatic N) is 2. The van der Waals surface area contributed by atoms with Crippen molar-refractivity contribution in [2.24, 2.45) is 0 Å². The lowest BCUT2D eigenvalue weighted by Crippen LogP contribution is -2.11. The molecule has 0 aliphatic carbocycles. The second kappa shape index (κ2) is 6.74. The van der Waals surface area contributed by atoms with E-state index < -0.39 is 15.8 Å². The molecule has 0 atom stereocenters. The van der Waals surface area contributed by atoms with E-state index in [2.05, 4.69) is 14.9 Å². The van der Waals surface area contributed by atoms with Gasteiger partial charge in [0.1, 0.15) is 14.4 Å². The summed E-state index contributed by atoms with van der Waals surface area (Å²) in [6, 6.07) is 5.41. The Hall–Kier alpha value is -0.970. The summed E-state index contributed by atoms with van der Waals surface area (Å²) in [7, 11) is -3.92. The normalized spacial score (nSPS) is 11.7. The minimum Gasteiger partial charge on any atom is -0.252 e. The van der Waals surface area contributed by atoms with Crippen molar-refractivity contribution in [3.05, 3.63) is 44.5 Å². The third-order valence-corrected chi connectivity index (χ3v) is 7.69. The predicted octanol–water partition coefficient (Wildman–Crippen LogP) is 5.17. The molecule has 2 aromatic heterocycles. The van der Waals surface area contributed by atoms with Gasteiger partial charge in [0.05, 0.1) is 15.6 Å². The van der Waals surface area contributed by atoms with Crippen LogP contribution < -0.4 is 4.72 Å². The highest BCUT2D eigenvalue weighted by Crippen LogP contribution is 2.37. The van der Waals surface area contributed by atoms with Crippen LogP contribution in [0.25, 0.3) is 10.6 Å². The number of hydrogen-bond donors (Lipinski definition) is 1. The zero-order chi connectivity index (χ0) is 17.5. The van der Waals surface area contributed by atoms with Crippen LogP contribution in [-0.4, -0.2) is 18.6 Å². The summed E-state index contributed by atoms with van der Waals surface area (Å²) in [5.41, 5.74) is 0.0596. The molecule has 0 aliphatic heterocycles. The molecule has 0 spiro atoms. The number of sulfonamides is 1. The molecule has 0 saturated heterocycles. The Morgan fingerprint density at radius 3 is 2.46 bits per heavy atom. The molecule has 3 aromatic rings. The van der Waals surface area contributed by atoms with E-state index in [-0.39, 0.29) is 34.3 Å². The van der Waals surface area contributed by atoms with Gasteiger partial charge in [-0.2, -0.15) is 0 Å². The van der Waals surface area contributed by atoms with Gasteiger partial charge < -0.3 is 0 Å². The largest absolute Gasteiger partial charge is 0.273 e. The molecule has 0 fully saturated rings. The first-order valence-electron chi connectivity index (χ1n) is 6.03. The van der Waals surface area contributed by atoms with Crippen LogP contribution in [0.3, 0.4) is 0 Å². The van der Waals surface area contributed by atoms with Gasteiger partial charge in [0.15, 0.2) is 5.01 Å². The number of benzene rings is 1. The molecule has 0 aliphatic rings. The van der Waals surface area contributed by atoms with Gasteiger partial charge in [0.2, 0.25) is 5.13 Å². The molecule has 0 unspecified atom stereocenters. The van der Waals surface area contributed by atoms with Crippen molar-refractivity contribution in [3.8, 4) is 10.6 Å². The fourth-order valence-corrected chi connectivity index (χ4v) is 5.92. The molecule has 0 saturated carbocycles. The Morgan fingerprint density at radius 2 is 1.83 bits per heavy atom. The van der Waals surface area contributed by atoms with Crippen molar-refractivity contribution in [2.45, 2.75) is 4.21 Å². The molecular formula is C12H5Cl3FN3O2S3. The summed E-state index contributed by atoms with van der Waals surface area (Å²) in [6.45, 7) is 0.